The molecular formula is C18H22N2O4S. The largest absolute Gasteiger partial charge is 0.383 e. The van der Waals surface area contributed by atoms with E-state index in [0.717, 1.165) is 11.1 Å². The van der Waals surface area contributed by atoms with Gasteiger partial charge in [-0.05, 0) is 55.3 Å². The van der Waals surface area contributed by atoms with Crippen LogP contribution in [0.2, 0.25) is 0 Å². The highest BCUT2D eigenvalue weighted by Gasteiger charge is 2.16. The Morgan fingerprint density at radius 1 is 1.08 bits per heavy atom. The van der Waals surface area contributed by atoms with Gasteiger partial charge in [0.05, 0.1) is 11.5 Å². The average molecular weight is 362 g/mol. The van der Waals surface area contributed by atoms with E-state index < -0.39 is 10.0 Å². The maximum Gasteiger partial charge on any atom is 0.255 e. The van der Waals surface area contributed by atoms with Crippen molar-refractivity contribution in [2.75, 3.05) is 25.6 Å². The van der Waals surface area contributed by atoms with Crippen molar-refractivity contribution < 1.29 is 17.9 Å². The van der Waals surface area contributed by atoms with Crippen molar-refractivity contribution in [2.24, 2.45) is 0 Å². The second kappa shape index (κ2) is 8.24. The first-order valence-corrected chi connectivity index (χ1v) is 9.28. The summed E-state index contributed by atoms with van der Waals surface area (Å²) in [6, 6.07) is 11.6. The number of rotatable bonds is 7. The van der Waals surface area contributed by atoms with Gasteiger partial charge < -0.3 is 10.1 Å². The van der Waals surface area contributed by atoms with Gasteiger partial charge in [-0.15, -0.1) is 0 Å². The van der Waals surface area contributed by atoms with Gasteiger partial charge in [-0.2, -0.15) is 0 Å². The van der Waals surface area contributed by atoms with Crippen LogP contribution in [-0.4, -0.2) is 34.6 Å². The fourth-order valence-electron chi connectivity index (χ4n) is 2.42. The third-order valence-electron chi connectivity index (χ3n) is 3.48. The summed E-state index contributed by atoms with van der Waals surface area (Å²) in [5, 5.41) is 2.80. The summed E-state index contributed by atoms with van der Waals surface area (Å²) in [5.74, 6) is -0.362. The van der Waals surface area contributed by atoms with Gasteiger partial charge in [-0.25, -0.2) is 13.1 Å². The summed E-state index contributed by atoms with van der Waals surface area (Å²) in [7, 11) is -2.19. The number of carbonyl (C=O) groups excluding carboxylic acids is 1. The van der Waals surface area contributed by atoms with Crippen molar-refractivity contribution >= 4 is 21.6 Å². The molecule has 0 saturated heterocycles. The second-order valence-electron chi connectivity index (χ2n) is 5.75. The Kier molecular flexibility index (Phi) is 6.30. The summed E-state index contributed by atoms with van der Waals surface area (Å²) in [6.45, 7) is 4.33. The summed E-state index contributed by atoms with van der Waals surface area (Å²) in [6.07, 6.45) is 0. The van der Waals surface area contributed by atoms with E-state index in [0.29, 0.717) is 5.69 Å². The van der Waals surface area contributed by atoms with E-state index in [9.17, 15) is 13.2 Å². The number of sulfonamides is 1. The van der Waals surface area contributed by atoms with Crippen molar-refractivity contribution in [3.05, 3.63) is 59.2 Å². The van der Waals surface area contributed by atoms with Crippen molar-refractivity contribution in [2.45, 2.75) is 18.7 Å². The second-order valence-corrected chi connectivity index (χ2v) is 7.52. The Morgan fingerprint density at radius 2 is 1.76 bits per heavy atom. The highest BCUT2D eigenvalue weighted by molar-refractivity contribution is 7.89. The maximum absolute atomic E-state index is 12.4. The fourth-order valence-corrected chi connectivity index (χ4v) is 3.47. The molecule has 0 atom stereocenters. The molecule has 0 saturated carbocycles. The van der Waals surface area contributed by atoms with Crippen LogP contribution in [0.1, 0.15) is 21.5 Å². The van der Waals surface area contributed by atoms with Gasteiger partial charge in [0.1, 0.15) is 0 Å². The molecule has 0 aliphatic rings. The molecule has 0 bridgehead atoms. The first kappa shape index (κ1) is 19.1. The SMILES string of the molecule is COCCNS(=O)(=O)c1cccc(C(=O)Nc2cc(C)cc(C)c2)c1. The zero-order chi connectivity index (χ0) is 18.4. The Morgan fingerprint density at radius 3 is 2.40 bits per heavy atom. The molecule has 25 heavy (non-hydrogen) atoms. The topological polar surface area (TPSA) is 84.5 Å². The number of aryl methyl sites for hydroxylation is 2. The van der Waals surface area contributed by atoms with Gasteiger partial charge in [0, 0.05) is 24.9 Å². The number of nitrogens with one attached hydrogen (secondary N) is 2. The van der Waals surface area contributed by atoms with E-state index in [1.165, 1.54) is 19.2 Å². The lowest BCUT2D eigenvalue weighted by Gasteiger charge is -2.10. The molecule has 0 fully saturated rings. The van der Waals surface area contributed by atoms with Crippen LogP contribution in [0.3, 0.4) is 0 Å². The first-order chi connectivity index (χ1) is 11.8. The smallest absolute Gasteiger partial charge is 0.255 e. The molecule has 2 aromatic carbocycles. The summed E-state index contributed by atoms with van der Waals surface area (Å²) < 4.78 is 31.7. The Bertz CT molecular complexity index is 843. The summed E-state index contributed by atoms with van der Waals surface area (Å²) >= 11 is 0. The molecule has 2 N–H and O–H groups in total. The molecule has 0 aliphatic carbocycles. The van der Waals surface area contributed by atoms with Crippen molar-refractivity contribution in [3.63, 3.8) is 0 Å². The maximum atomic E-state index is 12.4. The van der Waals surface area contributed by atoms with E-state index >= 15 is 0 Å². The summed E-state index contributed by atoms with van der Waals surface area (Å²) in [4.78, 5) is 12.5. The van der Waals surface area contributed by atoms with Gasteiger partial charge in [-0.1, -0.05) is 12.1 Å². The lowest BCUT2D eigenvalue weighted by molar-refractivity contribution is 0.102. The van der Waals surface area contributed by atoms with Gasteiger partial charge in [0.15, 0.2) is 0 Å². The van der Waals surface area contributed by atoms with E-state index in [1.807, 2.05) is 32.0 Å². The minimum absolute atomic E-state index is 0.0386. The lowest BCUT2D eigenvalue weighted by Crippen LogP contribution is -2.27. The van der Waals surface area contributed by atoms with Gasteiger partial charge >= 0.3 is 0 Å². The van der Waals surface area contributed by atoms with Crippen molar-refractivity contribution in [3.8, 4) is 0 Å². The van der Waals surface area contributed by atoms with Crippen LogP contribution >= 0.6 is 0 Å². The monoisotopic (exact) mass is 362 g/mol. The van der Waals surface area contributed by atoms with Crippen LogP contribution in [0.4, 0.5) is 5.69 Å². The van der Waals surface area contributed by atoms with Crippen molar-refractivity contribution in [1.29, 1.82) is 0 Å². The van der Waals surface area contributed by atoms with Crippen LogP contribution in [0.25, 0.3) is 0 Å². The van der Waals surface area contributed by atoms with E-state index in [-0.39, 0.29) is 29.5 Å². The number of methoxy groups -OCH3 is 1. The van der Waals surface area contributed by atoms with Crippen molar-refractivity contribution in [1.82, 2.24) is 4.72 Å². The third kappa shape index (κ3) is 5.38. The van der Waals surface area contributed by atoms with Crippen LogP contribution in [0.15, 0.2) is 47.4 Å². The number of carbonyl (C=O) groups is 1. The zero-order valence-corrected chi connectivity index (χ0v) is 15.3. The van der Waals surface area contributed by atoms with Gasteiger partial charge in [0.25, 0.3) is 5.91 Å². The molecule has 0 heterocycles. The van der Waals surface area contributed by atoms with E-state index in [4.69, 9.17) is 4.74 Å². The van der Waals surface area contributed by atoms with E-state index in [2.05, 4.69) is 10.0 Å². The normalized spacial score (nSPS) is 11.3. The lowest BCUT2D eigenvalue weighted by atomic mass is 10.1. The molecule has 2 rings (SSSR count). The third-order valence-corrected chi connectivity index (χ3v) is 4.94. The quantitative estimate of drug-likeness (QED) is 0.741. The number of hydrogen-bond donors (Lipinski definition) is 2. The highest BCUT2D eigenvalue weighted by atomic mass is 32.2. The number of ether oxygens (including phenoxy) is 1. The number of benzene rings is 2. The Balaban J connectivity index is 2.18. The Hall–Kier alpha value is -2.22. The standard InChI is InChI=1S/C18H22N2O4S/c1-13-9-14(2)11-16(10-13)20-18(21)15-5-4-6-17(12-15)25(22,23)19-7-8-24-3/h4-6,9-12,19H,7-8H2,1-3H3,(H,20,21). The molecule has 0 aromatic heterocycles. The zero-order valence-electron chi connectivity index (χ0n) is 14.5. The molecule has 134 valence electrons. The molecular weight excluding hydrogens is 340 g/mol. The van der Waals surface area contributed by atoms with E-state index in [1.54, 1.807) is 12.1 Å². The first-order valence-electron chi connectivity index (χ1n) is 7.80. The predicted molar refractivity (Wildman–Crippen MR) is 97.4 cm³/mol. The Labute approximate surface area is 148 Å². The minimum atomic E-state index is -3.68. The highest BCUT2D eigenvalue weighted by Crippen LogP contribution is 2.16. The molecule has 2 aromatic rings. The summed E-state index contributed by atoms with van der Waals surface area (Å²) in [5.41, 5.74) is 3.02. The molecule has 6 nitrogen and oxygen atoms in total. The molecule has 0 radical (unpaired) electrons. The number of amides is 1. The van der Waals surface area contributed by atoms with Crippen LogP contribution in [-0.2, 0) is 14.8 Å². The van der Waals surface area contributed by atoms with Crippen LogP contribution < -0.4 is 10.0 Å². The predicted octanol–water partition coefficient (Wildman–Crippen LogP) is 2.48. The molecule has 1 amide bonds. The molecule has 0 spiro atoms. The van der Waals surface area contributed by atoms with Crippen LogP contribution in [0.5, 0.6) is 0 Å². The molecule has 0 unspecified atom stereocenters. The molecule has 0 aliphatic heterocycles. The average Bonchev–Trinajstić information content (AvgIpc) is 2.54. The van der Waals surface area contributed by atoms with Gasteiger partial charge in [0.2, 0.25) is 10.0 Å². The number of anilines is 1. The van der Waals surface area contributed by atoms with Crippen LogP contribution in [0, 0.1) is 13.8 Å². The number of hydrogen-bond acceptors (Lipinski definition) is 4. The molecule has 7 heteroatoms. The minimum Gasteiger partial charge on any atom is -0.383 e. The fraction of sp³-hybridized carbons (Fsp3) is 0.278. The van der Waals surface area contributed by atoms with Gasteiger partial charge in [-0.3, -0.25) is 4.79 Å².